The van der Waals surface area contributed by atoms with Crippen molar-refractivity contribution in [1.82, 2.24) is 5.32 Å². The van der Waals surface area contributed by atoms with Crippen molar-refractivity contribution in [2.24, 2.45) is 0 Å². The van der Waals surface area contributed by atoms with Crippen LogP contribution in [0.1, 0.15) is 27.8 Å². The van der Waals surface area contributed by atoms with Crippen LogP contribution in [-0.2, 0) is 19.6 Å². The highest BCUT2D eigenvalue weighted by atomic mass is 79.9. The van der Waals surface area contributed by atoms with Crippen molar-refractivity contribution in [1.29, 1.82) is 0 Å². The highest BCUT2D eigenvalue weighted by Gasteiger charge is 2.09. The Bertz CT molecular complexity index is 580. The third-order valence-electron chi connectivity index (χ3n) is 3.11. The van der Waals surface area contributed by atoms with Gasteiger partial charge in [0.25, 0.3) is 0 Å². The maximum absolute atomic E-state index is 6.07. The van der Waals surface area contributed by atoms with Crippen molar-refractivity contribution in [2.75, 3.05) is 7.05 Å². The molecule has 0 aliphatic heterocycles. The van der Waals surface area contributed by atoms with Gasteiger partial charge in [-0.05, 0) is 50.2 Å². The molecule has 0 fully saturated rings. The van der Waals surface area contributed by atoms with Crippen LogP contribution in [0.5, 0.6) is 5.75 Å². The molecular weight excluding hydrogens is 334 g/mol. The SMILES string of the molecule is CCc1ccc(COc2c(C)cc(Br)cc2CNC)s1. The maximum Gasteiger partial charge on any atom is 0.127 e. The molecule has 2 rings (SSSR count). The Morgan fingerprint density at radius 1 is 1.25 bits per heavy atom. The standard InChI is InChI=1S/C16H20BrNOS/c1-4-14-5-6-15(20-14)10-19-16-11(2)7-13(17)8-12(16)9-18-3/h5-8,18H,4,9-10H2,1-3H3. The third kappa shape index (κ3) is 3.84. The summed E-state index contributed by atoms with van der Waals surface area (Å²) in [5.74, 6) is 0.994. The largest absolute Gasteiger partial charge is 0.487 e. The van der Waals surface area contributed by atoms with Gasteiger partial charge in [-0.1, -0.05) is 22.9 Å². The quantitative estimate of drug-likeness (QED) is 0.813. The van der Waals surface area contributed by atoms with E-state index in [-0.39, 0.29) is 0 Å². The molecule has 0 saturated heterocycles. The summed E-state index contributed by atoms with van der Waals surface area (Å²) in [6, 6.07) is 8.56. The van der Waals surface area contributed by atoms with Crippen LogP contribution in [0.2, 0.25) is 0 Å². The summed E-state index contributed by atoms with van der Waals surface area (Å²) in [6.45, 7) is 5.72. The van der Waals surface area contributed by atoms with E-state index in [9.17, 15) is 0 Å². The molecule has 1 aromatic carbocycles. The van der Waals surface area contributed by atoms with Crippen LogP contribution in [0.4, 0.5) is 0 Å². The first-order valence-electron chi connectivity index (χ1n) is 6.78. The number of thiophene rings is 1. The van der Waals surface area contributed by atoms with E-state index in [0.29, 0.717) is 6.61 Å². The number of aryl methyl sites for hydroxylation is 2. The first-order valence-corrected chi connectivity index (χ1v) is 8.39. The lowest BCUT2D eigenvalue weighted by atomic mass is 10.1. The number of halogens is 1. The summed E-state index contributed by atoms with van der Waals surface area (Å²) >= 11 is 5.38. The molecular formula is C16H20BrNOS. The van der Waals surface area contributed by atoms with Crippen LogP contribution in [-0.4, -0.2) is 7.05 Å². The number of hydrogen-bond donors (Lipinski definition) is 1. The van der Waals surface area contributed by atoms with Crippen molar-refractivity contribution in [3.63, 3.8) is 0 Å². The van der Waals surface area contributed by atoms with Gasteiger partial charge in [0.05, 0.1) is 0 Å². The van der Waals surface area contributed by atoms with Gasteiger partial charge < -0.3 is 10.1 Å². The van der Waals surface area contributed by atoms with Crippen LogP contribution in [0.25, 0.3) is 0 Å². The Morgan fingerprint density at radius 2 is 2.00 bits per heavy atom. The molecule has 0 radical (unpaired) electrons. The van der Waals surface area contributed by atoms with Gasteiger partial charge in [0.2, 0.25) is 0 Å². The second-order valence-electron chi connectivity index (χ2n) is 4.75. The van der Waals surface area contributed by atoms with Gasteiger partial charge in [0.15, 0.2) is 0 Å². The Morgan fingerprint density at radius 3 is 2.65 bits per heavy atom. The molecule has 0 atom stereocenters. The zero-order chi connectivity index (χ0) is 14.5. The molecule has 0 spiro atoms. The fraction of sp³-hybridized carbons (Fsp3) is 0.375. The molecule has 1 aromatic heterocycles. The van der Waals surface area contributed by atoms with Crippen molar-refractivity contribution in [3.8, 4) is 5.75 Å². The zero-order valence-corrected chi connectivity index (χ0v) is 14.5. The molecule has 2 nitrogen and oxygen atoms in total. The van der Waals surface area contributed by atoms with Crippen LogP contribution < -0.4 is 10.1 Å². The molecule has 2 aromatic rings. The summed E-state index contributed by atoms with van der Waals surface area (Å²) in [4.78, 5) is 2.69. The van der Waals surface area contributed by atoms with Gasteiger partial charge >= 0.3 is 0 Å². The summed E-state index contributed by atoms with van der Waals surface area (Å²) < 4.78 is 7.16. The van der Waals surface area contributed by atoms with Gasteiger partial charge in [-0.25, -0.2) is 0 Å². The van der Waals surface area contributed by atoms with Gasteiger partial charge in [0, 0.05) is 26.3 Å². The molecule has 1 N–H and O–H groups in total. The Kier molecular flexibility index (Phi) is 5.64. The minimum atomic E-state index is 0.643. The minimum absolute atomic E-state index is 0.643. The Hall–Kier alpha value is -0.840. The second kappa shape index (κ2) is 7.25. The van der Waals surface area contributed by atoms with Crippen molar-refractivity contribution in [2.45, 2.75) is 33.4 Å². The molecule has 0 unspecified atom stereocenters. The maximum atomic E-state index is 6.07. The van der Waals surface area contributed by atoms with Gasteiger partial charge in [0.1, 0.15) is 12.4 Å². The van der Waals surface area contributed by atoms with Gasteiger partial charge in [-0.2, -0.15) is 0 Å². The number of hydrogen-bond acceptors (Lipinski definition) is 3. The van der Waals surface area contributed by atoms with E-state index < -0.39 is 0 Å². The smallest absolute Gasteiger partial charge is 0.127 e. The number of nitrogens with one attached hydrogen (secondary N) is 1. The lowest BCUT2D eigenvalue weighted by Gasteiger charge is -2.14. The van der Waals surface area contributed by atoms with E-state index in [4.69, 9.17) is 4.74 Å². The monoisotopic (exact) mass is 353 g/mol. The topological polar surface area (TPSA) is 21.3 Å². The molecule has 20 heavy (non-hydrogen) atoms. The number of rotatable bonds is 6. The summed E-state index contributed by atoms with van der Waals surface area (Å²) in [7, 11) is 1.95. The summed E-state index contributed by atoms with van der Waals surface area (Å²) in [5, 5.41) is 3.19. The highest BCUT2D eigenvalue weighted by molar-refractivity contribution is 9.10. The van der Waals surface area contributed by atoms with Gasteiger partial charge in [-0.15, -0.1) is 11.3 Å². The average Bonchev–Trinajstić information content (AvgIpc) is 2.86. The first kappa shape index (κ1) is 15.5. The molecule has 0 aliphatic carbocycles. The van der Waals surface area contributed by atoms with Crippen molar-refractivity contribution < 1.29 is 4.74 Å². The van der Waals surface area contributed by atoms with E-state index in [2.05, 4.69) is 59.4 Å². The summed E-state index contributed by atoms with van der Waals surface area (Å²) in [5.41, 5.74) is 2.35. The first-order chi connectivity index (χ1) is 9.63. The lowest BCUT2D eigenvalue weighted by molar-refractivity contribution is 0.303. The van der Waals surface area contributed by atoms with Crippen molar-refractivity contribution in [3.05, 3.63) is 49.6 Å². The van der Waals surface area contributed by atoms with Gasteiger partial charge in [-0.3, -0.25) is 0 Å². The molecule has 4 heteroatoms. The molecule has 1 heterocycles. The Balaban J connectivity index is 2.15. The van der Waals surface area contributed by atoms with Crippen LogP contribution in [0, 0.1) is 6.92 Å². The predicted octanol–water partition coefficient (Wildman–Crippen LogP) is 4.68. The fourth-order valence-corrected chi connectivity index (χ4v) is 3.65. The fourth-order valence-electron chi connectivity index (χ4n) is 2.16. The molecule has 0 bridgehead atoms. The minimum Gasteiger partial charge on any atom is -0.487 e. The molecule has 0 aliphatic rings. The van der Waals surface area contributed by atoms with E-state index >= 15 is 0 Å². The van der Waals surface area contributed by atoms with E-state index in [0.717, 1.165) is 28.8 Å². The predicted molar refractivity (Wildman–Crippen MR) is 89.7 cm³/mol. The average molecular weight is 354 g/mol. The van der Waals surface area contributed by atoms with E-state index in [1.54, 1.807) is 0 Å². The second-order valence-corrected chi connectivity index (χ2v) is 6.92. The number of ether oxygens (including phenoxy) is 1. The van der Waals surface area contributed by atoms with Crippen LogP contribution in [0.15, 0.2) is 28.7 Å². The number of benzene rings is 1. The zero-order valence-electron chi connectivity index (χ0n) is 12.1. The van der Waals surface area contributed by atoms with Crippen LogP contribution in [0.3, 0.4) is 0 Å². The molecule has 108 valence electrons. The van der Waals surface area contributed by atoms with E-state index in [1.807, 2.05) is 18.4 Å². The van der Waals surface area contributed by atoms with Crippen molar-refractivity contribution >= 4 is 27.3 Å². The third-order valence-corrected chi connectivity index (χ3v) is 4.77. The van der Waals surface area contributed by atoms with E-state index in [1.165, 1.54) is 15.3 Å². The molecule has 0 amide bonds. The lowest BCUT2D eigenvalue weighted by Crippen LogP contribution is -2.08. The molecule has 0 saturated carbocycles. The highest BCUT2D eigenvalue weighted by Crippen LogP contribution is 2.29. The Labute approximate surface area is 133 Å². The normalized spacial score (nSPS) is 10.8. The van der Waals surface area contributed by atoms with Crippen LogP contribution >= 0.6 is 27.3 Å². The summed E-state index contributed by atoms with van der Waals surface area (Å²) in [6.07, 6.45) is 1.09.